The zero-order chi connectivity index (χ0) is 12.8. The number of nitriles is 1. The van der Waals surface area contributed by atoms with Crippen LogP contribution in [0, 0.1) is 18.3 Å². The number of rotatable bonds is 5. The van der Waals surface area contributed by atoms with E-state index in [-0.39, 0.29) is 13.0 Å². The Kier molecular flexibility index (Phi) is 4.98. The van der Waals surface area contributed by atoms with Crippen molar-refractivity contribution in [3.8, 4) is 6.07 Å². The highest BCUT2D eigenvalue weighted by molar-refractivity contribution is 9.10. The van der Waals surface area contributed by atoms with Gasteiger partial charge in [0.25, 0.3) is 0 Å². The van der Waals surface area contributed by atoms with E-state index in [1.165, 1.54) is 0 Å². The smallest absolute Gasteiger partial charge is 0.305 e. The maximum Gasteiger partial charge on any atom is 0.305 e. The first kappa shape index (κ1) is 13.5. The molecular weight excluding hydrogens is 284 g/mol. The summed E-state index contributed by atoms with van der Waals surface area (Å²) in [5.41, 5.74) is 1.91. The van der Waals surface area contributed by atoms with Crippen molar-refractivity contribution < 1.29 is 9.90 Å². The lowest BCUT2D eigenvalue weighted by Crippen LogP contribution is -2.27. The maximum absolute atomic E-state index is 10.6. The molecule has 0 heterocycles. The van der Waals surface area contributed by atoms with Gasteiger partial charge in [-0.15, -0.1) is 0 Å². The first-order valence-electron chi connectivity index (χ1n) is 5.14. The van der Waals surface area contributed by atoms with Crippen LogP contribution in [-0.2, 0) is 4.79 Å². The summed E-state index contributed by atoms with van der Waals surface area (Å²) in [7, 11) is 0. The Hall–Kier alpha value is -1.54. The van der Waals surface area contributed by atoms with E-state index in [0.717, 1.165) is 15.7 Å². The molecule has 0 aliphatic heterocycles. The molecule has 0 radical (unpaired) electrons. The van der Waals surface area contributed by atoms with Crippen molar-refractivity contribution in [2.75, 3.05) is 18.0 Å². The van der Waals surface area contributed by atoms with Gasteiger partial charge in [-0.2, -0.15) is 5.26 Å². The van der Waals surface area contributed by atoms with Crippen LogP contribution in [0.15, 0.2) is 22.7 Å². The fourth-order valence-corrected chi connectivity index (χ4v) is 2.05. The number of halogens is 1. The summed E-state index contributed by atoms with van der Waals surface area (Å²) < 4.78 is 0.967. The molecule has 5 heteroatoms. The maximum atomic E-state index is 10.6. The molecule has 0 aliphatic carbocycles. The van der Waals surface area contributed by atoms with E-state index in [1.807, 2.05) is 25.1 Å². The molecule has 17 heavy (non-hydrogen) atoms. The molecule has 0 aromatic heterocycles. The molecule has 1 N–H and O–H groups in total. The zero-order valence-corrected chi connectivity index (χ0v) is 11.1. The summed E-state index contributed by atoms with van der Waals surface area (Å²) in [4.78, 5) is 12.3. The van der Waals surface area contributed by atoms with Gasteiger partial charge in [0.15, 0.2) is 0 Å². The Bertz CT molecular complexity index is 454. The molecule has 0 fully saturated rings. The summed E-state index contributed by atoms with van der Waals surface area (Å²) in [6.07, 6.45) is 0.0250. The van der Waals surface area contributed by atoms with Crippen LogP contribution in [0.1, 0.15) is 12.0 Å². The lowest BCUT2D eigenvalue weighted by atomic mass is 10.1. The van der Waals surface area contributed by atoms with Crippen LogP contribution in [-0.4, -0.2) is 24.2 Å². The second kappa shape index (κ2) is 6.26. The number of nitrogens with zero attached hydrogens (tertiary/aromatic N) is 2. The summed E-state index contributed by atoms with van der Waals surface area (Å²) in [6.45, 7) is 2.46. The standard InChI is InChI=1S/C12H13BrN2O2/c1-9-8-10(13)2-3-11(9)15(7-5-14)6-4-12(16)17/h2-3,8H,4,6-7H2,1H3,(H,16,17). The van der Waals surface area contributed by atoms with E-state index in [0.29, 0.717) is 6.54 Å². The average molecular weight is 297 g/mol. The Balaban J connectivity index is 2.89. The molecule has 0 aliphatic rings. The Morgan fingerprint density at radius 2 is 2.29 bits per heavy atom. The third-order valence-electron chi connectivity index (χ3n) is 2.36. The van der Waals surface area contributed by atoms with Crippen molar-refractivity contribution in [3.63, 3.8) is 0 Å². The number of aliphatic carboxylic acids is 1. The zero-order valence-electron chi connectivity index (χ0n) is 9.48. The fourth-order valence-electron chi connectivity index (χ4n) is 1.57. The predicted molar refractivity (Wildman–Crippen MR) is 69.0 cm³/mol. The van der Waals surface area contributed by atoms with Crippen molar-refractivity contribution >= 4 is 27.6 Å². The molecule has 1 aromatic carbocycles. The molecule has 0 amide bonds. The van der Waals surface area contributed by atoms with E-state index in [2.05, 4.69) is 22.0 Å². The van der Waals surface area contributed by atoms with Gasteiger partial charge >= 0.3 is 5.97 Å². The summed E-state index contributed by atoms with van der Waals surface area (Å²) in [5.74, 6) is -0.859. The number of carboxylic acid groups (broad SMARTS) is 1. The molecule has 1 aromatic rings. The van der Waals surface area contributed by atoms with E-state index in [1.54, 1.807) is 4.90 Å². The Morgan fingerprint density at radius 3 is 2.82 bits per heavy atom. The summed E-state index contributed by atoms with van der Waals surface area (Å²) >= 11 is 3.37. The fraction of sp³-hybridized carbons (Fsp3) is 0.333. The van der Waals surface area contributed by atoms with Crippen molar-refractivity contribution in [3.05, 3.63) is 28.2 Å². The highest BCUT2D eigenvalue weighted by Gasteiger charge is 2.10. The van der Waals surface area contributed by atoms with Gasteiger partial charge in [-0.1, -0.05) is 15.9 Å². The summed E-state index contributed by atoms with van der Waals surface area (Å²) in [5, 5.41) is 17.4. The number of hydrogen-bond donors (Lipinski definition) is 1. The quantitative estimate of drug-likeness (QED) is 0.848. The third kappa shape index (κ3) is 4.08. The van der Waals surface area contributed by atoms with Crippen LogP contribution in [0.2, 0.25) is 0 Å². The molecule has 0 bridgehead atoms. The lowest BCUT2D eigenvalue weighted by molar-refractivity contribution is -0.136. The highest BCUT2D eigenvalue weighted by Crippen LogP contribution is 2.23. The van der Waals surface area contributed by atoms with Gasteiger partial charge in [-0.25, -0.2) is 0 Å². The van der Waals surface area contributed by atoms with Gasteiger partial charge in [0.05, 0.1) is 12.5 Å². The molecular formula is C12H13BrN2O2. The first-order valence-corrected chi connectivity index (χ1v) is 5.93. The lowest BCUT2D eigenvalue weighted by Gasteiger charge is -2.23. The van der Waals surface area contributed by atoms with Crippen LogP contribution in [0.3, 0.4) is 0 Å². The number of aryl methyl sites for hydroxylation is 1. The van der Waals surface area contributed by atoms with Gasteiger partial charge in [-0.05, 0) is 30.7 Å². The van der Waals surface area contributed by atoms with E-state index in [9.17, 15) is 4.79 Å². The van der Waals surface area contributed by atoms with Crippen molar-refractivity contribution in [2.24, 2.45) is 0 Å². The topological polar surface area (TPSA) is 64.3 Å². The Morgan fingerprint density at radius 1 is 1.59 bits per heavy atom. The van der Waals surface area contributed by atoms with E-state index < -0.39 is 5.97 Å². The highest BCUT2D eigenvalue weighted by atomic mass is 79.9. The molecule has 0 saturated carbocycles. The largest absolute Gasteiger partial charge is 0.481 e. The van der Waals surface area contributed by atoms with Crippen LogP contribution in [0.25, 0.3) is 0 Å². The summed E-state index contributed by atoms with van der Waals surface area (Å²) in [6, 6.07) is 7.77. The van der Waals surface area contributed by atoms with Gasteiger partial charge in [0.1, 0.15) is 6.54 Å². The number of anilines is 1. The minimum Gasteiger partial charge on any atom is -0.481 e. The van der Waals surface area contributed by atoms with E-state index >= 15 is 0 Å². The van der Waals surface area contributed by atoms with E-state index in [4.69, 9.17) is 10.4 Å². The van der Waals surface area contributed by atoms with Gasteiger partial charge in [0, 0.05) is 16.7 Å². The van der Waals surface area contributed by atoms with Gasteiger partial charge < -0.3 is 10.0 Å². The molecule has 0 saturated heterocycles. The molecule has 0 spiro atoms. The number of carbonyl (C=O) groups is 1. The second-order valence-corrected chi connectivity index (χ2v) is 4.57. The van der Waals surface area contributed by atoms with Crippen LogP contribution < -0.4 is 4.90 Å². The predicted octanol–water partition coefficient (Wildman–Crippen LogP) is 2.56. The molecule has 1 rings (SSSR count). The normalized spacial score (nSPS) is 9.71. The molecule has 4 nitrogen and oxygen atoms in total. The average Bonchev–Trinajstić information content (AvgIpc) is 2.24. The molecule has 0 unspecified atom stereocenters. The van der Waals surface area contributed by atoms with Gasteiger partial charge in [0.2, 0.25) is 0 Å². The monoisotopic (exact) mass is 296 g/mol. The van der Waals surface area contributed by atoms with Gasteiger partial charge in [-0.3, -0.25) is 4.79 Å². The SMILES string of the molecule is Cc1cc(Br)ccc1N(CC#N)CCC(=O)O. The second-order valence-electron chi connectivity index (χ2n) is 3.65. The molecule has 90 valence electrons. The van der Waals surface area contributed by atoms with Crippen molar-refractivity contribution in [1.29, 1.82) is 5.26 Å². The first-order chi connectivity index (χ1) is 8.04. The number of benzene rings is 1. The van der Waals surface area contributed by atoms with Crippen molar-refractivity contribution in [1.82, 2.24) is 0 Å². The van der Waals surface area contributed by atoms with Crippen molar-refractivity contribution in [2.45, 2.75) is 13.3 Å². The Labute approximate surface area is 109 Å². The minimum absolute atomic E-state index is 0.0250. The van der Waals surface area contributed by atoms with Crippen LogP contribution >= 0.6 is 15.9 Å². The number of carboxylic acids is 1. The van der Waals surface area contributed by atoms with Crippen LogP contribution in [0.5, 0.6) is 0 Å². The molecule has 0 atom stereocenters. The third-order valence-corrected chi connectivity index (χ3v) is 2.85. The minimum atomic E-state index is -0.859. The number of hydrogen-bond acceptors (Lipinski definition) is 3. The van der Waals surface area contributed by atoms with Crippen LogP contribution in [0.4, 0.5) is 5.69 Å².